The summed E-state index contributed by atoms with van der Waals surface area (Å²) in [7, 11) is 0. The summed E-state index contributed by atoms with van der Waals surface area (Å²) in [5, 5.41) is 0.612. The van der Waals surface area contributed by atoms with Gasteiger partial charge in [-0.1, -0.05) is 29.8 Å². The predicted octanol–water partition coefficient (Wildman–Crippen LogP) is 8.90. The Labute approximate surface area is 212 Å². The Hall–Kier alpha value is -3.26. The Morgan fingerprint density at radius 2 is 1.54 bits per heavy atom. The highest BCUT2D eigenvalue weighted by atomic mass is 35.5. The number of alkyl halides is 2. The summed E-state index contributed by atoms with van der Waals surface area (Å²) in [6, 6.07) is 9.56. The molecule has 9 heteroatoms. The molecule has 1 nitrogen and oxygen atoms in total. The minimum absolute atomic E-state index is 0.00821. The number of benzene rings is 4. The molecule has 1 unspecified atom stereocenters. The fraction of sp³-hybridized carbons (Fsp3) is 0.214. The van der Waals surface area contributed by atoms with Crippen molar-refractivity contribution in [1.29, 1.82) is 0 Å². The van der Waals surface area contributed by atoms with Crippen molar-refractivity contribution in [1.82, 2.24) is 0 Å². The minimum Gasteiger partial charge on any atom is -0.429 e. The summed E-state index contributed by atoms with van der Waals surface area (Å²) < 4.78 is 103. The molecule has 192 valence electrons. The summed E-state index contributed by atoms with van der Waals surface area (Å²) in [5.74, 6) is -8.05. The molecule has 37 heavy (non-hydrogen) atoms. The Morgan fingerprint density at radius 1 is 0.838 bits per heavy atom. The Bertz CT molecular complexity index is 1530. The first-order valence-electron chi connectivity index (χ1n) is 11.4. The molecule has 4 aromatic carbocycles. The maximum atomic E-state index is 14.8. The summed E-state index contributed by atoms with van der Waals surface area (Å²) in [5.41, 5.74) is 1.66. The van der Waals surface area contributed by atoms with Crippen molar-refractivity contribution in [3.8, 4) is 5.75 Å². The van der Waals surface area contributed by atoms with E-state index in [1.54, 1.807) is 12.1 Å². The number of ether oxygens (including phenoxy) is 1. The summed E-state index contributed by atoms with van der Waals surface area (Å²) >= 11 is 6.53. The van der Waals surface area contributed by atoms with Crippen LogP contribution in [0.1, 0.15) is 40.2 Å². The minimum atomic E-state index is -3.94. The van der Waals surface area contributed by atoms with Crippen LogP contribution in [0.3, 0.4) is 0 Å². The van der Waals surface area contributed by atoms with E-state index in [-0.39, 0.29) is 21.9 Å². The van der Waals surface area contributed by atoms with Crippen LogP contribution in [-0.4, -0.2) is 0 Å². The largest absolute Gasteiger partial charge is 0.429 e. The van der Waals surface area contributed by atoms with Crippen LogP contribution < -0.4 is 4.74 Å². The van der Waals surface area contributed by atoms with E-state index in [1.165, 1.54) is 25.1 Å². The van der Waals surface area contributed by atoms with Gasteiger partial charge in [0.05, 0.1) is 10.6 Å². The Balaban J connectivity index is 1.41. The quantitative estimate of drug-likeness (QED) is 0.186. The Morgan fingerprint density at radius 3 is 2.24 bits per heavy atom. The van der Waals surface area contributed by atoms with Gasteiger partial charge in [-0.05, 0) is 77.9 Å². The van der Waals surface area contributed by atoms with Crippen molar-refractivity contribution in [3.05, 3.63) is 110 Å². The van der Waals surface area contributed by atoms with Crippen molar-refractivity contribution in [3.63, 3.8) is 0 Å². The molecule has 0 bridgehead atoms. The number of hydrogen-bond acceptors (Lipinski definition) is 1. The molecular formula is C28H18ClF7O. The van der Waals surface area contributed by atoms with E-state index in [2.05, 4.69) is 4.74 Å². The number of halogens is 8. The van der Waals surface area contributed by atoms with Crippen molar-refractivity contribution in [2.24, 2.45) is 0 Å². The lowest BCUT2D eigenvalue weighted by Crippen LogP contribution is -2.23. The van der Waals surface area contributed by atoms with Gasteiger partial charge in [0.25, 0.3) is 0 Å². The Kier molecular flexibility index (Phi) is 6.34. The molecule has 0 heterocycles. The van der Waals surface area contributed by atoms with Gasteiger partial charge in [-0.3, -0.25) is 0 Å². The molecule has 0 amide bonds. The monoisotopic (exact) mass is 538 g/mol. The number of aryl methyl sites for hydroxylation is 2. The molecule has 0 aliphatic heterocycles. The van der Waals surface area contributed by atoms with Crippen molar-refractivity contribution in [2.75, 3.05) is 0 Å². The second kappa shape index (κ2) is 9.24. The van der Waals surface area contributed by atoms with E-state index in [9.17, 15) is 30.7 Å². The fourth-order valence-electron chi connectivity index (χ4n) is 4.84. The van der Waals surface area contributed by atoms with Crippen molar-refractivity contribution < 1.29 is 35.5 Å². The second-order valence-electron chi connectivity index (χ2n) is 9.13. The van der Waals surface area contributed by atoms with E-state index in [0.29, 0.717) is 47.9 Å². The van der Waals surface area contributed by atoms with Gasteiger partial charge >= 0.3 is 6.11 Å². The molecule has 0 saturated heterocycles. The van der Waals surface area contributed by atoms with Gasteiger partial charge in [0.2, 0.25) is 0 Å². The van der Waals surface area contributed by atoms with Crippen LogP contribution in [0.15, 0.2) is 48.5 Å². The fourth-order valence-corrected chi connectivity index (χ4v) is 5.25. The molecule has 1 aliphatic carbocycles. The zero-order chi connectivity index (χ0) is 26.6. The topological polar surface area (TPSA) is 9.23 Å². The molecule has 0 radical (unpaired) electrons. The summed E-state index contributed by atoms with van der Waals surface area (Å²) in [4.78, 5) is 0. The van der Waals surface area contributed by atoms with E-state index in [1.807, 2.05) is 0 Å². The van der Waals surface area contributed by atoms with Crippen molar-refractivity contribution >= 4 is 22.4 Å². The average Bonchev–Trinajstić information content (AvgIpc) is 2.85. The summed E-state index contributed by atoms with van der Waals surface area (Å²) in [6.45, 7) is 1.47. The highest BCUT2D eigenvalue weighted by molar-refractivity contribution is 6.36. The third kappa shape index (κ3) is 4.52. The lowest BCUT2D eigenvalue weighted by Gasteiger charge is -2.27. The van der Waals surface area contributed by atoms with Crippen molar-refractivity contribution in [2.45, 2.75) is 38.2 Å². The smallest absolute Gasteiger partial charge is 0.426 e. The molecule has 4 aromatic rings. The van der Waals surface area contributed by atoms with Crippen LogP contribution >= 0.6 is 11.6 Å². The molecule has 5 rings (SSSR count). The third-order valence-corrected chi connectivity index (χ3v) is 7.16. The summed E-state index contributed by atoms with van der Waals surface area (Å²) in [6.07, 6.45) is -2.61. The molecule has 0 spiro atoms. The first-order chi connectivity index (χ1) is 17.5. The molecule has 1 aliphatic rings. The van der Waals surface area contributed by atoms with E-state index in [4.69, 9.17) is 11.6 Å². The lowest BCUT2D eigenvalue weighted by molar-refractivity contribution is -0.185. The van der Waals surface area contributed by atoms with E-state index in [0.717, 1.165) is 11.6 Å². The number of fused-ring (bicyclic) bond motifs is 2. The molecule has 0 aromatic heterocycles. The first-order valence-corrected chi connectivity index (χ1v) is 11.7. The van der Waals surface area contributed by atoms with Gasteiger partial charge in [0.15, 0.2) is 29.1 Å². The molecule has 0 N–H and O–H groups in total. The van der Waals surface area contributed by atoms with Gasteiger partial charge < -0.3 is 4.74 Å². The zero-order valence-electron chi connectivity index (χ0n) is 19.2. The van der Waals surface area contributed by atoms with Crippen LogP contribution in [-0.2, 0) is 19.0 Å². The van der Waals surface area contributed by atoms with Gasteiger partial charge in [0.1, 0.15) is 5.75 Å². The van der Waals surface area contributed by atoms with Crippen LogP contribution in [0.4, 0.5) is 30.7 Å². The molecular weight excluding hydrogens is 521 g/mol. The van der Waals surface area contributed by atoms with Crippen LogP contribution in [0.5, 0.6) is 5.75 Å². The normalized spacial score (nSPS) is 15.6. The standard InChI is InChI=1S/C28H18ClF7O/c1-13-8-17-5-7-20(24(29)23(17)27(34)25(13)32)16-3-2-15-10-18(6-4-14(15)9-16)28(35,36)37-19-11-21(30)26(33)22(31)12-19/h4-8,10-12,16H,2-3,9H2,1H3. The van der Waals surface area contributed by atoms with Gasteiger partial charge in [-0.25, -0.2) is 22.0 Å². The first kappa shape index (κ1) is 25.4. The predicted molar refractivity (Wildman–Crippen MR) is 126 cm³/mol. The number of hydrogen-bond donors (Lipinski definition) is 0. The SMILES string of the molecule is Cc1cc2ccc(C3CCc4cc(C(F)(F)Oc5cc(F)c(F)c(F)c5)ccc4C3)c(Cl)c2c(F)c1F. The number of rotatable bonds is 4. The maximum Gasteiger partial charge on any atom is 0.426 e. The molecule has 1 atom stereocenters. The second-order valence-corrected chi connectivity index (χ2v) is 9.51. The van der Waals surface area contributed by atoms with Gasteiger partial charge in [-0.2, -0.15) is 8.78 Å². The van der Waals surface area contributed by atoms with Crippen LogP contribution in [0.25, 0.3) is 10.8 Å². The zero-order valence-corrected chi connectivity index (χ0v) is 20.0. The van der Waals surface area contributed by atoms with E-state index >= 15 is 0 Å². The maximum absolute atomic E-state index is 14.8. The molecule has 0 saturated carbocycles. The van der Waals surface area contributed by atoms with Gasteiger partial charge in [0, 0.05) is 17.5 Å². The highest BCUT2D eigenvalue weighted by Crippen LogP contribution is 2.42. The lowest BCUT2D eigenvalue weighted by atomic mass is 9.79. The third-order valence-electron chi connectivity index (χ3n) is 6.75. The van der Waals surface area contributed by atoms with Crippen LogP contribution in [0, 0.1) is 36.0 Å². The van der Waals surface area contributed by atoms with E-state index < -0.39 is 46.5 Å². The average molecular weight is 539 g/mol. The van der Waals surface area contributed by atoms with Crippen LogP contribution in [0.2, 0.25) is 5.02 Å². The highest BCUT2D eigenvalue weighted by Gasteiger charge is 2.36. The van der Waals surface area contributed by atoms with Gasteiger partial charge in [-0.15, -0.1) is 0 Å². The molecule has 0 fully saturated rings.